The zero-order valence-corrected chi connectivity index (χ0v) is 19.7. The standard InChI is InChI=1S/C30H32N2O2/c1-21(24-13-8-14-25(17-24)29(33)23-11-6-3-7-12-23)30(34)31-28-16-15-26-19-32(20-27(26)28)18-22-9-4-2-5-10-22/h2-14,17,21,26-28H,15-16,18-20H2,1H3,(H,31,34)/t21-,26-,27+,28+/m0/s1. The summed E-state index contributed by atoms with van der Waals surface area (Å²) in [5.41, 5.74) is 3.51. The van der Waals surface area contributed by atoms with E-state index in [0.717, 1.165) is 31.6 Å². The molecule has 0 aromatic heterocycles. The van der Waals surface area contributed by atoms with Crippen LogP contribution in [0, 0.1) is 11.8 Å². The monoisotopic (exact) mass is 452 g/mol. The molecule has 1 aliphatic heterocycles. The lowest BCUT2D eigenvalue weighted by molar-refractivity contribution is -0.123. The third-order valence-corrected chi connectivity index (χ3v) is 7.59. The van der Waals surface area contributed by atoms with Crippen LogP contribution < -0.4 is 5.32 Å². The van der Waals surface area contributed by atoms with E-state index in [9.17, 15) is 9.59 Å². The van der Waals surface area contributed by atoms with Crippen LogP contribution >= 0.6 is 0 Å². The van der Waals surface area contributed by atoms with Gasteiger partial charge in [-0.2, -0.15) is 0 Å². The number of nitrogens with one attached hydrogen (secondary N) is 1. The molecule has 34 heavy (non-hydrogen) atoms. The Morgan fingerprint density at radius 1 is 0.882 bits per heavy atom. The van der Waals surface area contributed by atoms with Crippen molar-refractivity contribution < 1.29 is 9.59 Å². The fourth-order valence-corrected chi connectivity index (χ4v) is 5.67. The van der Waals surface area contributed by atoms with Gasteiger partial charge in [-0.3, -0.25) is 14.5 Å². The van der Waals surface area contributed by atoms with Crippen molar-refractivity contribution in [3.05, 3.63) is 107 Å². The number of hydrogen-bond acceptors (Lipinski definition) is 3. The van der Waals surface area contributed by atoms with E-state index in [1.54, 1.807) is 0 Å². The van der Waals surface area contributed by atoms with Gasteiger partial charge >= 0.3 is 0 Å². The lowest BCUT2D eigenvalue weighted by Crippen LogP contribution is -2.41. The Bertz CT molecular complexity index is 1140. The molecular weight excluding hydrogens is 420 g/mol. The van der Waals surface area contributed by atoms with Crippen molar-refractivity contribution >= 4 is 11.7 Å². The molecule has 4 heteroatoms. The van der Waals surface area contributed by atoms with E-state index in [2.05, 4.69) is 40.5 Å². The quantitative estimate of drug-likeness (QED) is 0.511. The molecule has 1 heterocycles. The molecule has 0 spiro atoms. The highest BCUT2D eigenvalue weighted by molar-refractivity contribution is 6.09. The average molecular weight is 453 g/mol. The number of likely N-dealkylation sites (tertiary alicyclic amines) is 1. The number of carbonyl (C=O) groups excluding carboxylic acids is 2. The van der Waals surface area contributed by atoms with Gasteiger partial charge in [0.15, 0.2) is 5.78 Å². The minimum atomic E-state index is -0.301. The fraction of sp³-hybridized carbons (Fsp3) is 0.333. The van der Waals surface area contributed by atoms with Crippen LogP contribution in [0.2, 0.25) is 0 Å². The number of benzene rings is 3. The summed E-state index contributed by atoms with van der Waals surface area (Å²) in [5, 5.41) is 3.36. The number of nitrogens with zero attached hydrogens (tertiary/aromatic N) is 1. The van der Waals surface area contributed by atoms with Crippen LogP contribution in [0.15, 0.2) is 84.9 Å². The van der Waals surface area contributed by atoms with E-state index in [-0.39, 0.29) is 23.7 Å². The predicted octanol–water partition coefficient (Wildman–Crippen LogP) is 5.05. The molecule has 4 nitrogen and oxygen atoms in total. The second-order valence-corrected chi connectivity index (χ2v) is 9.84. The Balaban J connectivity index is 1.21. The third-order valence-electron chi connectivity index (χ3n) is 7.59. The summed E-state index contributed by atoms with van der Waals surface area (Å²) < 4.78 is 0. The summed E-state index contributed by atoms with van der Waals surface area (Å²) in [6, 6.07) is 27.6. The molecule has 3 aromatic carbocycles. The van der Waals surface area contributed by atoms with Crippen LogP contribution in [0.1, 0.15) is 52.7 Å². The van der Waals surface area contributed by atoms with Crippen molar-refractivity contribution in [1.29, 1.82) is 0 Å². The van der Waals surface area contributed by atoms with Crippen LogP contribution in [0.3, 0.4) is 0 Å². The number of ketones is 1. The maximum Gasteiger partial charge on any atom is 0.227 e. The summed E-state index contributed by atoms with van der Waals surface area (Å²) in [6.07, 6.45) is 2.23. The molecule has 174 valence electrons. The van der Waals surface area contributed by atoms with Crippen molar-refractivity contribution in [2.75, 3.05) is 13.1 Å². The molecule has 5 rings (SSSR count). The predicted molar refractivity (Wildman–Crippen MR) is 135 cm³/mol. The molecule has 0 unspecified atom stereocenters. The summed E-state index contributed by atoms with van der Waals surface area (Å²) >= 11 is 0. The first kappa shape index (κ1) is 22.5. The molecule has 0 bridgehead atoms. The van der Waals surface area contributed by atoms with Crippen LogP contribution in [-0.2, 0) is 11.3 Å². The summed E-state index contributed by atoms with van der Waals surface area (Å²) in [4.78, 5) is 28.6. The molecule has 1 amide bonds. The van der Waals surface area contributed by atoms with Crippen molar-refractivity contribution in [3.63, 3.8) is 0 Å². The largest absolute Gasteiger partial charge is 0.353 e. The normalized spacial score (nSPS) is 22.8. The van der Waals surface area contributed by atoms with E-state index in [1.807, 2.05) is 61.5 Å². The van der Waals surface area contributed by atoms with E-state index >= 15 is 0 Å². The smallest absolute Gasteiger partial charge is 0.227 e. The minimum Gasteiger partial charge on any atom is -0.353 e. The maximum atomic E-state index is 13.2. The highest BCUT2D eigenvalue weighted by Gasteiger charge is 2.43. The van der Waals surface area contributed by atoms with Gasteiger partial charge in [0.2, 0.25) is 5.91 Å². The number of amides is 1. The lowest BCUT2D eigenvalue weighted by Gasteiger charge is -2.24. The third kappa shape index (κ3) is 4.83. The Hall–Kier alpha value is -3.24. The molecule has 1 N–H and O–H groups in total. The number of carbonyl (C=O) groups is 2. The van der Waals surface area contributed by atoms with Gasteiger partial charge in [-0.25, -0.2) is 0 Å². The zero-order chi connectivity index (χ0) is 23.5. The van der Waals surface area contributed by atoms with Gasteiger partial charge in [0.25, 0.3) is 0 Å². The Morgan fingerprint density at radius 3 is 2.35 bits per heavy atom. The van der Waals surface area contributed by atoms with Gasteiger partial charge in [0, 0.05) is 36.8 Å². The number of hydrogen-bond donors (Lipinski definition) is 1. The first-order chi connectivity index (χ1) is 16.6. The molecular formula is C30H32N2O2. The molecule has 1 saturated carbocycles. The van der Waals surface area contributed by atoms with Crippen molar-refractivity contribution in [1.82, 2.24) is 10.2 Å². The Labute approximate surface area is 202 Å². The highest BCUT2D eigenvalue weighted by atomic mass is 16.2. The van der Waals surface area contributed by atoms with Crippen molar-refractivity contribution in [3.8, 4) is 0 Å². The first-order valence-corrected chi connectivity index (χ1v) is 12.3. The van der Waals surface area contributed by atoms with Gasteiger partial charge in [0.1, 0.15) is 0 Å². The summed E-state index contributed by atoms with van der Waals surface area (Å²) in [6.45, 7) is 5.07. The molecule has 1 saturated heterocycles. The van der Waals surface area contributed by atoms with Crippen molar-refractivity contribution in [2.45, 2.75) is 38.3 Å². The van der Waals surface area contributed by atoms with E-state index in [4.69, 9.17) is 0 Å². The second kappa shape index (κ2) is 9.94. The molecule has 2 fully saturated rings. The van der Waals surface area contributed by atoms with Crippen LogP contribution in [0.5, 0.6) is 0 Å². The van der Waals surface area contributed by atoms with Gasteiger partial charge in [0.05, 0.1) is 5.92 Å². The highest BCUT2D eigenvalue weighted by Crippen LogP contribution is 2.39. The minimum absolute atomic E-state index is 0.0156. The maximum absolute atomic E-state index is 13.2. The first-order valence-electron chi connectivity index (χ1n) is 12.3. The zero-order valence-electron chi connectivity index (χ0n) is 19.7. The Kier molecular flexibility index (Phi) is 6.59. The van der Waals surface area contributed by atoms with Gasteiger partial charge in [-0.15, -0.1) is 0 Å². The molecule has 1 aliphatic carbocycles. The summed E-state index contributed by atoms with van der Waals surface area (Å²) in [5.74, 6) is 0.918. The van der Waals surface area contributed by atoms with Crippen molar-refractivity contribution in [2.24, 2.45) is 11.8 Å². The van der Waals surface area contributed by atoms with Gasteiger partial charge < -0.3 is 5.32 Å². The number of fused-ring (bicyclic) bond motifs is 1. The van der Waals surface area contributed by atoms with E-state index in [1.165, 1.54) is 12.0 Å². The molecule has 4 atom stereocenters. The Morgan fingerprint density at radius 2 is 1.59 bits per heavy atom. The molecule has 2 aliphatic rings. The average Bonchev–Trinajstić information content (AvgIpc) is 3.45. The van der Waals surface area contributed by atoms with Crippen LogP contribution in [-0.4, -0.2) is 35.7 Å². The van der Waals surface area contributed by atoms with Gasteiger partial charge in [-0.1, -0.05) is 78.9 Å². The molecule has 0 radical (unpaired) electrons. The number of rotatable bonds is 7. The fourth-order valence-electron chi connectivity index (χ4n) is 5.67. The SMILES string of the molecule is C[C@H](C(=O)N[C@@H]1CC[C@H]2CN(Cc3ccccc3)C[C@H]21)c1cccc(C(=O)c2ccccc2)c1. The lowest BCUT2D eigenvalue weighted by atomic mass is 9.94. The summed E-state index contributed by atoms with van der Waals surface area (Å²) in [7, 11) is 0. The van der Waals surface area contributed by atoms with E-state index < -0.39 is 0 Å². The molecule has 3 aromatic rings. The van der Waals surface area contributed by atoms with E-state index in [0.29, 0.717) is 23.0 Å². The second-order valence-electron chi connectivity index (χ2n) is 9.84. The van der Waals surface area contributed by atoms with Crippen LogP contribution in [0.25, 0.3) is 0 Å². The van der Waals surface area contributed by atoms with Gasteiger partial charge in [-0.05, 0) is 48.8 Å². The van der Waals surface area contributed by atoms with Crippen LogP contribution in [0.4, 0.5) is 0 Å². The topological polar surface area (TPSA) is 49.4 Å².